The van der Waals surface area contributed by atoms with E-state index >= 15 is 0 Å². The van der Waals surface area contributed by atoms with Crippen molar-refractivity contribution in [1.82, 2.24) is 0 Å². The number of carbonyl (C=O) groups excluding carboxylic acids is 1. The molecule has 1 N–H and O–H groups in total. The molecule has 152 valence electrons. The number of carbonyl (C=O) groups is 1. The first-order valence-electron chi connectivity index (χ1n) is 8.65. The summed E-state index contributed by atoms with van der Waals surface area (Å²) in [5, 5.41) is 3.30. The summed E-state index contributed by atoms with van der Waals surface area (Å²) in [4.78, 5) is 12.9. The van der Waals surface area contributed by atoms with Crippen LogP contribution in [0.4, 0.5) is 11.4 Å². The molecule has 0 aliphatic heterocycles. The zero-order valence-corrected chi connectivity index (χ0v) is 18.1. The van der Waals surface area contributed by atoms with Crippen molar-refractivity contribution < 1.29 is 17.9 Å². The van der Waals surface area contributed by atoms with Gasteiger partial charge in [0.05, 0.1) is 18.6 Å². The Bertz CT molecular complexity index is 930. The van der Waals surface area contributed by atoms with E-state index in [0.29, 0.717) is 18.0 Å². The van der Waals surface area contributed by atoms with Crippen LogP contribution in [-0.2, 0) is 14.8 Å². The molecule has 0 unspecified atom stereocenters. The van der Waals surface area contributed by atoms with Crippen molar-refractivity contribution in [2.75, 3.05) is 22.5 Å². The van der Waals surface area contributed by atoms with Crippen LogP contribution in [0.25, 0.3) is 0 Å². The number of sulfonamides is 1. The maximum atomic E-state index is 12.9. The summed E-state index contributed by atoms with van der Waals surface area (Å²) in [6.45, 7) is 4.08. The molecule has 0 saturated heterocycles. The molecule has 0 heterocycles. The molecule has 0 fully saturated rings. The highest BCUT2D eigenvalue weighted by molar-refractivity contribution is 7.92. The first-order chi connectivity index (χ1) is 13.2. The van der Waals surface area contributed by atoms with Crippen molar-refractivity contribution in [2.24, 2.45) is 0 Å². The second-order valence-corrected chi connectivity index (χ2v) is 8.79. The summed E-state index contributed by atoms with van der Waals surface area (Å²) in [5.41, 5.74) is 0.733. The van der Waals surface area contributed by atoms with Crippen LogP contribution < -0.4 is 14.4 Å². The van der Waals surface area contributed by atoms with Gasteiger partial charge in [-0.2, -0.15) is 0 Å². The molecule has 2 aromatic carbocycles. The van der Waals surface area contributed by atoms with Crippen molar-refractivity contribution in [3.8, 4) is 5.75 Å². The van der Waals surface area contributed by atoms with Crippen LogP contribution in [0, 0.1) is 0 Å². The van der Waals surface area contributed by atoms with Crippen molar-refractivity contribution >= 4 is 50.5 Å². The Labute approximate surface area is 175 Å². The second-order valence-electron chi connectivity index (χ2n) is 6.06. The summed E-state index contributed by atoms with van der Waals surface area (Å²) < 4.78 is 31.4. The minimum Gasteiger partial charge on any atom is -0.494 e. The van der Waals surface area contributed by atoms with Crippen LogP contribution in [0.1, 0.15) is 20.3 Å². The lowest BCUT2D eigenvalue weighted by molar-refractivity contribution is -0.117. The smallest absolute Gasteiger partial charge is 0.248 e. The molecule has 0 radical (unpaired) electrons. The van der Waals surface area contributed by atoms with Gasteiger partial charge in [-0.25, -0.2) is 8.42 Å². The number of amides is 1. The third kappa shape index (κ3) is 5.77. The molecule has 28 heavy (non-hydrogen) atoms. The van der Waals surface area contributed by atoms with Gasteiger partial charge in [0, 0.05) is 21.8 Å². The Morgan fingerprint density at radius 1 is 1.14 bits per heavy atom. The zero-order valence-electron chi connectivity index (χ0n) is 15.8. The van der Waals surface area contributed by atoms with Crippen LogP contribution in [0.5, 0.6) is 5.75 Å². The Hall–Kier alpha value is -1.96. The number of ether oxygens (including phenoxy) is 1. The summed E-state index contributed by atoms with van der Waals surface area (Å²) in [6.07, 6.45) is 1.28. The van der Waals surface area contributed by atoms with E-state index in [0.717, 1.165) is 10.6 Å². The number of benzene rings is 2. The molecule has 1 amide bonds. The molecule has 0 aliphatic rings. The van der Waals surface area contributed by atoms with E-state index in [4.69, 9.17) is 27.9 Å². The van der Waals surface area contributed by atoms with E-state index in [1.165, 1.54) is 18.2 Å². The molecule has 0 bridgehead atoms. The van der Waals surface area contributed by atoms with Crippen LogP contribution in [-0.4, -0.2) is 33.2 Å². The van der Waals surface area contributed by atoms with E-state index in [2.05, 4.69) is 5.32 Å². The predicted molar refractivity (Wildman–Crippen MR) is 114 cm³/mol. The van der Waals surface area contributed by atoms with Crippen LogP contribution >= 0.6 is 23.2 Å². The largest absolute Gasteiger partial charge is 0.494 e. The highest BCUT2D eigenvalue weighted by atomic mass is 35.5. The summed E-state index contributed by atoms with van der Waals surface area (Å²) in [6, 6.07) is 10.3. The lowest BCUT2D eigenvalue weighted by Gasteiger charge is -2.30. The van der Waals surface area contributed by atoms with Crippen molar-refractivity contribution in [1.29, 1.82) is 0 Å². The molecule has 0 spiro atoms. The Kier molecular flexibility index (Phi) is 7.57. The molecule has 1 atom stereocenters. The van der Waals surface area contributed by atoms with Gasteiger partial charge in [0.2, 0.25) is 15.9 Å². The standard InChI is InChI=1S/C19H22Cl2N2O4S/c1-4-18(19(24)22-15-7-6-8-17(12-15)27-5-2)23(28(3,25)26)16-10-13(20)9-14(21)11-16/h6-12,18H,4-5H2,1-3H3,(H,22,24)/t18-/m0/s1. The molecule has 6 nitrogen and oxygen atoms in total. The number of halogens is 2. The molecule has 0 saturated carbocycles. The van der Waals surface area contributed by atoms with E-state index in [9.17, 15) is 13.2 Å². The van der Waals surface area contributed by atoms with Gasteiger partial charge in [-0.15, -0.1) is 0 Å². The second kappa shape index (κ2) is 9.49. The van der Waals surface area contributed by atoms with E-state index < -0.39 is 22.0 Å². The monoisotopic (exact) mass is 444 g/mol. The average Bonchev–Trinajstić information content (AvgIpc) is 2.58. The highest BCUT2D eigenvalue weighted by Crippen LogP contribution is 2.30. The third-order valence-electron chi connectivity index (χ3n) is 3.84. The van der Waals surface area contributed by atoms with E-state index in [1.54, 1.807) is 31.2 Å². The Morgan fingerprint density at radius 3 is 2.32 bits per heavy atom. The van der Waals surface area contributed by atoms with Gasteiger partial charge >= 0.3 is 0 Å². The number of anilines is 2. The number of hydrogen-bond acceptors (Lipinski definition) is 4. The third-order valence-corrected chi connectivity index (χ3v) is 5.46. The predicted octanol–water partition coefficient (Wildman–Crippen LogP) is 4.58. The Morgan fingerprint density at radius 2 is 1.79 bits per heavy atom. The topological polar surface area (TPSA) is 75.7 Å². The number of rotatable bonds is 8. The maximum Gasteiger partial charge on any atom is 0.248 e. The Balaban J connectivity index is 2.38. The van der Waals surface area contributed by atoms with Crippen molar-refractivity contribution in [3.63, 3.8) is 0 Å². The number of nitrogens with one attached hydrogen (secondary N) is 1. The van der Waals surface area contributed by atoms with E-state index in [-0.39, 0.29) is 22.2 Å². The number of hydrogen-bond donors (Lipinski definition) is 1. The maximum absolute atomic E-state index is 12.9. The fourth-order valence-electron chi connectivity index (χ4n) is 2.78. The fourth-order valence-corrected chi connectivity index (χ4v) is 4.49. The van der Waals surface area contributed by atoms with Crippen LogP contribution in [0.3, 0.4) is 0 Å². The minimum absolute atomic E-state index is 0.227. The fraction of sp³-hybridized carbons (Fsp3) is 0.316. The summed E-state index contributed by atoms with van der Waals surface area (Å²) in [7, 11) is -3.79. The first kappa shape index (κ1) is 22.3. The van der Waals surface area contributed by atoms with Gasteiger partial charge in [0.15, 0.2) is 0 Å². The molecular formula is C19H22Cl2N2O4S. The molecule has 2 aromatic rings. The molecule has 2 rings (SSSR count). The average molecular weight is 445 g/mol. The zero-order chi connectivity index (χ0) is 20.9. The first-order valence-corrected chi connectivity index (χ1v) is 11.2. The minimum atomic E-state index is -3.79. The van der Waals surface area contributed by atoms with Crippen LogP contribution in [0.2, 0.25) is 10.0 Å². The molecule has 9 heteroatoms. The van der Waals surface area contributed by atoms with Crippen molar-refractivity contribution in [3.05, 3.63) is 52.5 Å². The lowest BCUT2D eigenvalue weighted by Crippen LogP contribution is -2.47. The van der Waals surface area contributed by atoms with Gasteiger partial charge in [-0.1, -0.05) is 36.2 Å². The van der Waals surface area contributed by atoms with Gasteiger partial charge < -0.3 is 10.1 Å². The molecule has 0 aliphatic carbocycles. The van der Waals surface area contributed by atoms with Crippen LogP contribution in [0.15, 0.2) is 42.5 Å². The summed E-state index contributed by atoms with van der Waals surface area (Å²) in [5.74, 6) is 0.132. The van der Waals surface area contributed by atoms with Gasteiger partial charge in [0.25, 0.3) is 0 Å². The quantitative estimate of drug-likeness (QED) is 0.646. The van der Waals surface area contributed by atoms with Crippen molar-refractivity contribution in [2.45, 2.75) is 26.3 Å². The number of nitrogens with zero attached hydrogens (tertiary/aromatic N) is 1. The van der Waals surface area contributed by atoms with Gasteiger partial charge in [-0.05, 0) is 43.7 Å². The summed E-state index contributed by atoms with van der Waals surface area (Å²) >= 11 is 12.1. The highest BCUT2D eigenvalue weighted by Gasteiger charge is 2.32. The normalized spacial score (nSPS) is 12.3. The van der Waals surface area contributed by atoms with Gasteiger partial charge in [0.1, 0.15) is 11.8 Å². The molecular weight excluding hydrogens is 423 g/mol. The SMILES string of the molecule is CCOc1cccc(NC(=O)[C@H](CC)N(c2cc(Cl)cc(Cl)c2)S(C)(=O)=O)c1. The van der Waals surface area contributed by atoms with Gasteiger partial charge in [-0.3, -0.25) is 9.10 Å². The lowest BCUT2D eigenvalue weighted by atomic mass is 10.1. The molecule has 0 aromatic heterocycles. The van der Waals surface area contributed by atoms with E-state index in [1.807, 2.05) is 6.92 Å².